The molecule has 1 aromatic carbocycles. The minimum atomic E-state index is -0.230. The van der Waals surface area contributed by atoms with Gasteiger partial charge < -0.3 is 15.5 Å². The summed E-state index contributed by atoms with van der Waals surface area (Å²) in [6.45, 7) is 9.54. The summed E-state index contributed by atoms with van der Waals surface area (Å²) in [6, 6.07) is 3.97. The molecule has 114 valence electrons. The number of hydrogen-bond acceptors (Lipinski definition) is 3. The molecule has 1 aromatic rings. The minimum Gasteiger partial charge on any atom is -0.370 e. The number of fused-ring (bicyclic) bond motifs is 1. The molecule has 0 saturated carbocycles. The molecule has 2 aliphatic rings. The standard InChI is InChI=1S/C16H22BrN3O/c1-4-18-15-11-5-12(17)14(6-13(11)19-16(15)21)20-7-9(2)10(3)8-20/h5-6,9-10,15,18H,4,7-8H2,1-3H3,(H,19,21). The van der Waals surface area contributed by atoms with E-state index in [0.717, 1.165) is 35.4 Å². The molecule has 0 radical (unpaired) electrons. The molecular formula is C16H22BrN3O. The number of carbonyl (C=O) groups excluding carboxylic acids is 1. The van der Waals surface area contributed by atoms with Crippen LogP contribution in [0.1, 0.15) is 32.4 Å². The van der Waals surface area contributed by atoms with E-state index in [1.165, 1.54) is 5.69 Å². The van der Waals surface area contributed by atoms with Gasteiger partial charge in [0.1, 0.15) is 6.04 Å². The number of anilines is 2. The maximum Gasteiger partial charge on any atom is 0.246 e. The molecule has 5 heteroatoms. The van der Waals surface area contributed by atoms with Crippen molar-refractivity contribution in [3.8, 4) is 0 Å². The fourth-order valence-electron chi connectivity index (χ4n) is 3.25. The van der Waals surface area contributed by atoms with Gasteiger partial charge in [-0.2, -0.15) is 0 Å². The minimum absolute atomic E-state index is 0.0408. The van der Waals surface area contributed by atoms with Crippen molar-refractivity contribution in [2.45, 2.75) is 26.8 Å². The Morgan fingerprint density at radius 2 is 2.00 bits per heavy atom. The number of nitrogens with zero attached hydrogens (tertiary/aromatic N) is 1. The van der Waals surface area contributed by atoms with E-state index in [4.69, 9.17) is 0 Å². The fourth-order valence-corrected chi connectivity index (χ4v) is 3.86. The SMILES string of the molecule is CCNC1C(=O)Nc2cc(N3CC(C)C(C)C3)c(Br)cc21. The molecule has 0 spiro atoms. The number of nitrogens with one attached hydrogen (secondary N) is 2. The maximum absolute atomic E-state index is 12.1. The predicted octanol–water partition coefficient (Wildman–Crippen LogP) is 3.14. The Bertz CT molecular complexity index is 565. The smallest absolute Gasteiger partial charge is 0.246 e. The summed E-state index contributed by atoms with van der Waals surface area (Å²) in [4.78, 5) is 14.5. The van der Waals surface area contributed by atoms with Crippen LogP contribution >= 0.6 is 15.9 Å². The first-order chi connectivity index (χ1) is 10.0. The molecule has 2 aliphatic heterocycles. The van der Waals surface area contributed by atoms with Crippen molar-refractivity contribution >= 4 is 33.2 Å². The largest absolute Gasteiger partial charge is 0.370 e. The molecule has 1 saturated heterocycles. The van der Waals surface area contributed by atoms with Gasteiger partial charge in [-0.05, 0) is 46.4 Å². The second kappa shape index (κ2) is 5.61. The van der Waals surface area contributed by atoms with E-state index < -0.39 is 0 Å². The molecule has 2 heterocycles. The van der Waals surface area contributed by atoms with Gasteiger partial charge in [-0.15, -0.1) is 0 Å². The summed E-state index contributed by atoms with van der Waals surface area (Å²) < 4.78 is 1.07. The van der Waals surface area contributed by atoms with Crippen LogP contribution in [0.4, 0.5) is 11.4 Å². The van der Waals surface area contributed by atoms with Crippen LogP contribution in [0.2, 0.25) is 0 Å². The summed E-state index contributed by atoms with van der Waals surface area (Å²) in [5.41, 5.74) is 3.16. The van der Waals surface area contributed by atoms with Crippen molar-refractivity contribution in [1.29, 1.82) is 0 Å². The second-order valence-electron chi connectivity index (χ2n) is 6.23. The third-order valence-corrected chi connectivity index (χ3v) is 5.32. The monoisotopic (exact) mass is 351 g/mol. The highest BCUT2D eigenvalue weighted by molar-refractivity contribution is 9.10. The van der Waals surface area contributed by atoms with Crippen molar-refractivity contribution in [2.24, 2.45) is 11.8 Å². The van der Waals surface area contributed by atoms with Crippen molar-refractivity contribution in [3.63, 3.8) is 0 Å². The van der Waals surface area contributed by atoms with Crippen molar-refractivity contribution in [3.05, 3.63) is 22.2 Å². The van der Waals surface area contributed by atoms with Crippen LogP contribution in [-0.4, -0.2) is 25.5 Å². The Labute approximate surface area is 134 Å². The molecule has 2 N–H and O–H groups in total. The summed E-state index contributed by atoms with van der Waals surface area (Å²) in [7, 11) is 0. The Morgan fingerprint density at radius 3 is 2.62 bits per heavy atom. The van der Waals surface area contributed by atoms with Gasteiger partial charge in [-0.25, -0.2) is 0 Å². The van der Waals surface area contributed by atoms with E-state index in [0.29, 0.717) is 11.8 Å². The molecular weight excluding hydrogens is 330 g/mol. The lowest BCUT2D eigenvalue weighted by Gasteiger charge is -2.21. The van der Waals surface area contributed by atoms with Crippen LogP contribution in [0.3, 0.4) is 0 Å². The van der Waals surface area contributed by atoms with Gasteiger partial charge in [-0.1, -0.05) is 20.8 Å². The highest BCUT2D eigenvalue weighted by Crippen LogP contribution is 2.41. The lowest BCUT2D eigenvalue weighted by Crippen LogP contribution is -2.27. The van der Waals surface area contributed by atoms with Crippen molar-refractivity contribution in [2.75, 3.05) is 29.9 Å². The van der Waals surface area contributed by atoms with Gasteiger partial charge >= 0.3 is 0 Å². The van der Waals surface area contributed by atoms with Crippen LogP contribution < -0.4 is 15.5 Å². The van der Waals surface area contributed by atoms with Crippen LogP contribution in [0, 0.1) is 11.8 Å². The molecule has 3 unspecified atom stereocenters. The normalized spacial score (nSPS) is 27.9. The Morgan fingerprint density at radius 1 is 1.33 bits per heavy atom. The second-order valence-corrected chi connectivity index (χ2v) is 7.08. The lowest BCUT2D eigenvalue weighted by atomic mass is 10.0. The first-order valence-electron chi connectivity index (χ1n) is 7.64. The van der Waals surface area contributed by atoms with Crippen LogP contribution in [0.25, 0.3) is 0 Å². The number of benzene rings is 1. The molecule has 3 atom stereocenters. The highest BCUT2D eigenvalue weighted by Gasteiger charge is 2.33. The number of halogens is 1. The predicted molar refractivity (Wildman–Crippen MR) is 89.7 cm³/mol. The van der Waals surface area contributed by atoms with Gasteiger partial charge in [-0.3, -0.25) is 4.79 Å². The average molecular weight is 352 g/mol. The highest BCUT2D eigenvalue weighted by atomic mass is 79.9. The number of hydrogen-bond donors (Lipinski definition) is 2. The topological polar surface area (TPSA) is 44.4 Å². The Balaban J connectivity index is 1.93. The van der Waals surface area contributed by atoms with E-state index in [9.17, 15) is 4.79 Å². The van der Waals surface area contributed by atoms with Crippen LogP contribution in [0.5, 0.6) is 0 Å². The Hall–Kier alpha value is -1.07. The molecule has 0 aromatic heterocycles. The molecule has 1 fully saturated rings. The zero-order chi connectivity index (χ0) is 15.1. The summed E-state index contributed by atoms with van der Waals surface area (Å²) in [6.07, 6.45) is 0. The number of amides is 1. The summed E-state index contributed by atoms with van der Waals surface area (Å²) in [5.74, 6) is 1.45. The number of likely N-dealkylation sites (N-methyl/N-ethyl adjacent to an activating group) is 1. The molecule has 0 bridgehead atoms. The molecule has 1 amide bonds. The zero-order valence-corrected chi connectivity index (χ0v) is 14.3. The number of carbonyl (C=O) groups is 1. The van der Waals surface area contributed by atoms with E-state index in [-0.39, 0.29) is 11.9 Å². The van der Waals surface area contributed by atoms with Crippen LogP contribution in [-0.2, 0) is 4.79 Å². The van der Waals surface area contributed by atoms with Gasteiger partial charge in [0.05, 0.1) is 5.69 Å². The molecule has 4 nitrogen and oxygen atoms in total. The molecule has 3 rings (SSSR count). The van der Waals surface area contributed by atoms with E-state index in [1.54, 1.807) is 0 Å². The van der Waals surface area contributed by atoms with E-state index in [1.807, 2.05) is 6.92 Å². The molecule has 0 aliphatic carbocycles. The van der Waals surface area contributed by atoms with Crippen LogP contribution in [0.15, 0.2) is 16.6 Å². The average Bonchev–Trinajstić information content (AvgIpc) is 2.91. The van der Waals surface area contributed by atoms with Gasteiger partial charge in [0.25, 0.3) is 0 Å². The summed E-state index contributed by atoms with van der Waals surface area (Å²) >= 11 is 3.69. The van der Waals surface area contributed by atoms with Gasteiger partial charge in [0.2, 0.25) is 5.91 Å². The van der Waals surface area contributed by atoms with Gasteiger partial charge in [0, 0.05) is 28.8 Å². The third-order valence-electron chi connectivity index (χ3n) is 4.69. The first kappa shape index (κ1) is 14.9. The Kier molecular flexibility index (Phi) is 3.97. The maximum atomic E-state index is 12.1. The zero-order valence-electron chi connectivity index (χ0n) is 12.7. The fraction of sp³-hybridized carbons (Fsp3) is 0.562. The molecule has 21 heavy (non-hydrogen) atoms. The van der Waals surface area contributed by atoms with Gasteiger partial charge in [0.15, 0.2) is 0 Å². The van der Waals surface area contributed by atoms with E-state index >= 15 is 0 Å². The summed E-state index contributed by atoms with van der Waals surface area (Å²) in [5, 5.41) is 6.23. The third kappa shape index (κ3) is 2.57. The van der Waals surface area contributed by atoms with Crippen molar-refractivity contribution < 1.29 is 4.79 Å². The quantitative estimate of drug-likeness (QED) is 0.879. The first-order valence-corrected chi connectivity index (χ1v) is 8.43. The van der Waals surface area contributed by atoms with E-state index in [2.05, 4.69) is 57.4 Å². The number of rotatable bonds is 3. The lowest BCUT2D eigenvalue weighted by molar-refractivity contribution is -0.117. The van der Waals surface area contributed by atoms with Crippen molar-refractivity contribution in [1.82, 2.24) is 5.32 Å².